The molecule has 0 aliphatic rings. The van der Waals surface area contributed by atoms with Crippen molar-refractivity contribution in [3.05, 3.63) is 0 Å². The summed E-state index contributed by atoms with van der Waals surface area (Å²) in [6.45, 7) is 4.88. The molecule has 76 valence electrons. The Morgan fingerprint density at radius 1 is 1.31 bits per heavy atom. The number of hydrogen-bond donors (Lipinski definition) is 3. The van der Waals surface area contributed by atoms with Crippen molar-refractivity contribution in [1.29, 1.82) is 0 Å². The number of nitrogens with two attached hydrogens (primary N) is 1. The van der Waals surface area contributed by atoms with Gasteiger partial charge in [-0.3, -0.25) is 9.59 Å². The van der Waals surface area contributed by atoms with Crippen molar-refractivity contribution >= 4 is 11.8 Å². The number of carbonyl (C=O) groups excluding carboxylic acids is 2. The van der Waals surface area contributed by atoms with Crippen LogP contribution in [0.25, 0.3) is 0 Å². The minimum atomic E-state index is -0.498. The lowest BCUT2D eigenvalue weighted by Gasteiger charge is -2.14. The van der Waals surface area contributed by atoms with Gasteiger partial charge in [0.1, 0.15) is 0 Å². The lowest BCUT2D eigenvalue weighted by molar-refractivity contribution is -0.127. The second-order valence-electron chi connectivity index (χ2n) is 2.68. The van der Waals surface area contributed by atoms with Gasteiger partial charge in [-0.25, -0.2) is 0 Å². The van der Waals surface area contributed by atoms with Gasteiger partial charge in [0.15, 0.2) is 0 Å². The first-order valence-corrected chi connectivity index (χ1v) is 4.41. The SMILES string of the molecule is CCNC(=O)C(CC(N)=O)NCC. The van der Waals surface area contributed by atoms with Crippen LogP contribution >= 0.6 is 0 Å². The summed E-state index contributed by atoms with van der Waals surface area (Å²) in [5, 5.41) is 5.51. The van der Waals surface area contributed by atoms with Crippen LogP contribution in [-0.2, 0) is 9.59 Å². The van der Waals surface area contributed by atoms with Crippen LogP contribution in [0.4, 0.5) is 0 Å². The molecule has 0 aliphatic heterocycles. The van der Waals surface area contributed by atoms with E-state index in [4.69, 9.17) is 5.73 Å². The van der Waals surface area contributed by atoms with Gasteiger partial charge in [-0.2, -0.15) is 0 Å². The van der Waals surface area contributed by atoms with Crippen molar-refractivity contribution in [2.75, 3.05) is 13.1 Å². The molecule has 1 unspecified atom stereocenters. The molecule has 5 heteroatoms. The maximum absolute atomic E-state index is 11.3. The standard InChI is InChI=1S/C8H17N3O2/c1-3-10-6(5-7(9)12)8(13)11-4-2/h6,10H,3-5H2,1-2H3,(H2,9,12)(H,11,13). The monoisotopic (exact) mass is 187 g/mol. The first-order valence-electron chi connectivity index (χ1n) is 4.41. The third-order valence-electron chi connectivity index (χ3n) is 1.52. The molecule has 1 atom stereocenters. The average Bonchev–Trinajstić information content (AvgIpc) is 2.03. The lowest BCUT2D eigenvalue weighted by Crippen LogP contribution is -2.46. The third-order valence-corrected chi connectivity index (χ3v) is 1.52. The summed E-state index contributed by atoms with van der Waals surface area (Å²) in [5.74, 6) is -0.652. The predicted molar refractivity (Wildman–Crippen MR) is 50.0 cm³/mol. The molecule has 5 nitrogen and oxygen atoms in total. The van der Waals surface area contributed by atoms with Crippen molar-refractivity contribution in [1.82, 2.24) is 10.6 Å². The minimum Gasteiger partial charge on any atom is -0.370 e. The zero-order valence-corrected chi connectivity index (χ0v) is 8.09. The van der Waals surface area contributed by atoms with Gasteiger partial charge in [-0.15, -0.1) is 0 Å². The van der Waals surface area contributed by atoms with Crippen molar-refractivity contribution in [3.63, 3.8) is 0 Å². The van der Waals surface area contributed by atoms with E-state index in [-0.39, 0.29) is 12.3 Å². The average molecular weight is 187 g/mol. The van der Waals surface area contributed by atoms with E-state index < -0.39 is 11.9 Å². The fraction of sp³-hybridized carbons (Fsp3) is 0.750. The molecule has 0 heterocycles. The summed E-state index contributed by atoms with van der Waals surface area (Å²) in [4.78, 5) is 21.9. The van der Waals surface area contributed by atoms with Crippen molar-refractivity contribution in [2.24, 2.45) is 5.73 Å². The Balaban J connectivity index is 4.06. The van der Waals surface area contributed by atoms with Gasteiger partial charge in [0.25, 0.3) is 0 Å². The summed E-state index contributed by atoms with van der Waals surface area (Å²) in [7, 11) is 0. The molecule has 13 heavy (non-hydrogen) atoms. The van der Waals surface area contributed by atoms with E-state index in [0.717, 1.165) is 0 Å². The Kier molecular flexibility index (Phi) is 5.88. The number of amides is 2. The summed E-state index contributed by atoms with van der Waals surface area (Å²) in [6, 6.07) is -0.498. The maximum Gasteiger partial charge on any atom is 0.237 e. The topological polar surface area (TPSA) is 84.2 Å². The van der Waals surface area contributed by atoms with Crippen LogP contribution in [0.2, 0.25) is 0 Å². The number of hydrogen-bond acceptors (Lipinski definition) is 3. The van der Waals surface area contributed by atoms with Gasteiger partial charge in [0, 0.05) is 6.54 Å². The van der Waals surface area contributed by atoms with Crippen LogP contribution in [0.5, 0.6) is 0 Å². The number of carbonyl (C=O) groups is 2. The highest BCUT2D eigenvalue weighted by molar-refractivity contribution is 5.87. The summed E-state index contributed by atoms with van der Waals surface area (Å²) in [6.07, 6.45) is 0.0413. The van der Waals surface area contributed by atoms with Crippen molar-refractivity contribution in [3.8, 4) is 0 Å². The van der Waals surface area contributed by atoms with E-state index in [2.05, 4.69) is 10.6 Å². The number of likely N-dealkylation sites (N-methyl/N-ethyl adjacent to an activating group) is 2. The molecule has 0 saturated carbocycles. The zero-order valence-electron chi connectivity index (χ0n) is 8.09. The van der Waals surface area contributed by atoms with Crippen molar-refractivity contribution in [2.45, 2.75) is 26.3 Å². The van der Waals surface area contributed by atoms with Gasteiger partial charge in [0.05, 0.1) is 12.5 Å². The Morgan fingerprint density at radius 3 is 2.31 bits per heavy atom. The van der Waals surface area contributed by atoms with Gasteiger partial charge in [0.2, 0.25) is 11.8 Å². The smallest absolute Gasteiger partial charge is 0.237 e. The molecule has 0 rings (SSSR count). The second-order valence-corrected chi connectivity index (χ2v) is 2.68. The number of rotatable bonds is 6. The third kappa shape index (κ3) is 5.19. The van der Waals surface area contributed by atoms with Crippen LogP contribution in [0.1, 0.15) is 20.3 Å². The summed E-state index contributed by atoms with van der Waals surface area (Å²) < 4.78 is 0. The van der Waals surface area contributed by atoms with Crippen molar-refractivity contribution < 1.29 is 9.59 Å². The molecule has 0 radical (unpaired) electrons. The lowest BCUT2D eigenvalue weighted by atomic mass is 10.2. The van der Waals surface area contributed by atoms with E-state index in [1.54, 1.807) is 0 Å². The molecule has 0 aromatic heterocycles. The van der Waals surface area contributed by atoms with E-state index in [1.165, 1.54) is 0 Å². The van der Waals surface area contributed by atoms with Crippen LogP contribution in [0.15, 0.2) is 0 Å². The molecular weight excluding hydrogens is 170 g/mol. The molecule has 2 amide bonds. The molecule has 0 aromatic rings. The highest BCUT2D eigenvalue weighted by Gasteiger charge is 2.18. The van der Waals surface area contributed by atoms with Crippen LogP contribution in [-0.4, -0.2) is 30.9 Å². The second kappa shape index (κ2) is 6.42. The van der Waals surface area contributed by atoms with Crippen LogP contribution < -0.4 is 16.4 Å². The van der Waals surface area contributed by atoms with Gasteiger partial charge < -0.3 is 16.4 Å². The quantitative estimate of drug-likeness (QED) is 0.497. The maximum atomic E-state index is 11.3. The predicted octanol–water partition coefficient (Wildman–Crippen LogP) is -1.02. The van der Waals surface area contributed by atoms with Gasteiger partial charge in [-0.05, 0) is 13.5 Å². The Morgan fingerprint density at radius 2 is 1.92 bits per heavy atom. The van der Waals surface area contributed by atoms with Gasteiger partial charge >= 0.3 is 0 Å². The largest absolute Gasteiger partial charge is 0.370 e. The highest BCUT2D eigenvalue weighted by atomic mass is 16.2. The van der Waals surface area contributed by atoms with E-state index in [9.17, 15) is 9.59 Å². The molecule has 4 N–H and O–H groups in total. The Bertz CT molecular complexity index is 182. The zero-order chi connectivity index (χ0) is 10.3. The molecular formula is C8H17N3O2. The number of nitrogens with one attached hydrogen (secondary N) is 2. The Labute approximate surface area is 78.1 Å². The van der Waals surface area contributed by atoms with E-state index in [0.29, 0.717) is 13.1 Å². The van der Waals surface area contributed by atoms with Crippen LogP contribution in [0, 0.1) is 0 Å². The normalized spacial score (nSPS) is 12.2. The molecule has 0 spiro atoms. The van der Waals surface area contributed by atoms with Gasteiger partial charge in [-0.1, -0.05) is 6.92 Å². The fourth-order valence-corrected chi connectivity index (χ4v) is 1.00. The summed E-state index contributed by atoms with van der Waals surface area (Å²) >= 11 is 0. The summed E-state index contributed by atoms with van der Waals surface area (Å²) in [5.41, 5.74) is 5.00. The molecule has 0 aliphatic carbocycles. The molecule has 0 bridgehead atoms. The Hall–Kier alpha value is -1.10. The molecule has 0 fully saturated rings. The first-order chi connectivity index (χ1) is 6.11. The minimum absolute atomic E-state index is 0.0413. The fourth-order valence-electron chi connectivity index (χ4n) is 1.00. The molecule has 0 saturated heterocycles. The van der Waals surface area contributed by atoms with Crippen LogP contribution in [0.3, 0.4) is 0 Å². The van der Waals surface area contributed by atoms with E-state index in [1.807, 2.05) is 13.8 Å². The first kappa shape index (κ1) is 11.9. The highest BCUT2D eigenvalue weighted by Crippen LogP contribution is 1.90. The van der Waals surface area contributed by atoms with E-state index >= 15 is 0 Å². The number of primary amides is 1. The molecule has 0 aromatic carbocycles.